The SMILES string of the molecule is Cc1ccc2oc(C(N)C3=CCCCC3)cc2c1. The molecule has 0 amide bonds. The number of benzene rings is 1. The minimum atomic E-state index is -0.0713. The van der Waals surface area contributed by atoms with Gasteiger partial charge in [0.1, 0.15) is 11.3 Å². The van der Waals surface area contributed by atoms with Crippen molar-refractivity contribution in [2.24, 2.45) is 5.73 Å². The minimum Gasteiger partial charge on any atom is -0.459 e. The monoisotopic (exact) mass is 241 g/mol. The van der Waals surface area contributed by atoms with Crippen molar-refractivity contribution in [1.82, 2.24) is 0 Å². The molecule has 1 aliphatic carbocycles. The fourth-order valence-electron chi connectivity index (χ4n) is 2.66. The second-order valence-electron chi connectivity index (χ2n) is 5.19. The van der Waals surface area contributed by atoms with Crippen LogP contribution in [0.4, 0.5) is 0 Å². The number of furan rings is 1. The minimum absolute atomic E-state index is 0.0713. The number of hydrogen-bond donors (Lipinski definition) is 1. The lowest BCUT2D eigenvalue weighted by atomic mass is 9.93. The van der Waals surface area contributed by atoms with Crippen molar-refractivity contribution in [3.8, 4) is 0 Å². The molecule has 18 heavy (non-hydrogen) atoms. The van der Waals surface area contributed by atoms with Crippen LogP contribution in [-0.2, 0) is 0 Å². The second kappa shape index (κ2) is 4.62. The van der Waals surface area contributed by atoms with Gasteiger partial charge in [-0.3, -0.25) is 0 Å². The third-order valence-corrected chi connectivity index (χ3v) is 3.72. The quantitative estimate of drug-likeness (QED) is 0.799. The van der Waals surface area contributed by atoms with Crippen LogP contribution in [0.15, 0.2) is 40.3 Å². The highest BCUT2D eigenvalue weighted by Gasteiger charge is 2.17. The Morgan fingerprint density at radius 3 is 2.89 bits per heavy atom. The highest BCUT2D eigenvalue weighted by molar-refractivity contribution is 5.78. The average molecular weight is 241 g/mol. The third-order valence-electron chi connectivity index (χ3n) is 3.72. The topological polar surface area (TPSA) is 39.2 Å². The summed E-state index contributed by atoms with van der Waals surface area (Å²) in [5.41, 5.74) is 9.82. The molecule has 1 aromatic heterocycles. The van der Waals surface area contributed by atoms with Crippen molar-refractivity contribution < 1.29 is 4.42 Å². The first-order valence-electron chi connectivity index (χ1n) is 6.68. The molecule has 3 rings (SSSR count). The molecule has 1 atom stereocenters. The number of nitrogens with two attached hydrogens (primary N) is 1. The van der Waals surface area contributed by atoms with Gasteiger partial charge in [-0.1, -0.05) is 17.7 Å². The summed E-state index contributed by atoms with van der Waals surface area (Å²) in [4.78, 5) is 0. The maximum Gasteiger partial charge on any atom is 0.134 e. The molecule has 2 heteroatoms. The van der Waals surface area contributed by atoms with Crippen LogP contribution in [-0.4, -0.2) is 0 Å². The molecule has 0 saturated heterocycles. The van der Waals surface area contributed by atoms with Gasteiger partial charge < -0.3 is 10.2 Å². The highest BCUT2D eigenvalue weighted by Crippen LogP contribution is 2.31. The number of allylic oxidation sites excluding steroid dienone is 1. The Hall–Kier alpha value is -1.54. The zero-order valence-electron chi connectivity index (χ0n) is 10.8. The van der Waals surface area contributed by atoms with Gasteiger partial charge in [-0.25, -0.2) is 0 Å². The molecule has 1 aromatic carbocycles. The van der Waals surface area contributed by atoms with Crippen molar-refractivity contribution in [1.29, 1.82) is 0 Å². The van der Waals surface area contributed by atoms with Crippen molar-refractivity contribution in [3.05, 3.63) is 47.2 Å². The van der Waals surface area contributed by atoms with Crippen molar-refractivity contribution in [2.75, 3.05) is 0 Å². The van der Waals surface area contributed by atoms with E-state index in [0.717, 1.165) is 29.6 Å². The summed E-state index contributed by atoms with van der Waals surface area (Å²) in [7, 11) is 0. The van der Waals surface area contributed by atoms with E-state index in [1.807, 2.05) is 6.07 Å². The van der Waals surface area contributed by atoms with E-state index in [-0.39, 0.29) is 6.04 Å². The van der Waals surface area contributed by atoms with E-state index < -0.39 is 0 Å². The Bertz CT molecular complexity index is 594. The van der Waals surface area contributed by atoms with E-state index in [1.165, 1.54) is 24.0 Å². The molecule has 2 nitrogen and oxygen atoms in total. The molecule has 1 heterocycles. The van der Waals surface area contributed by atoms with Crippen LogP contribution in [0.1, 0.15) is 43.0 Å². The van der Waals surface area contributed by atoms with Crippen LogP contribution in [0.3, 0.4) is 0 Å². The van der Waals surface area contributed by atoms with Crippen LogP contribution in [0, 0.1) is 6.92 Å². The van der Waals surface area contributed by atoms with E-state index >= 15 is 0 Å². The van der Waals surface area contributed by atoms with E-state index in [1.54, 1.807) is 0 Å². The summed E-state index contributed by atoms with van der Waals surface area (Å²) >= 11 is 0. The molecule has 0 saturated carbocycles. The smallest absolute Gasteiger partial charge is 0.134 e. The Kier molecular flexibility index (Phi) is 2.96. The predicted octanol–water partition coefficient (Wildman–Crippen LogP) is 4.24. The molecular formula is C16H19NO. The van der Waals surface area contributed by atoms with E-state index in [0.29, 0.717) is 0 Å². The maximum atomic E-state index is 6.31. The first-order chi connectivity index (χ1) is 8.74. The van der Waals surface area contributed by atoms with Gasteiger partial charge in [-0.05, 0) is 56.4 Å². The van der Waals surface area contributed by atoms with Crippen molar-refractivity contribution in [2.45, 2.75) is 38.6 Å². The summed E-state index contributed by atoms with van der Waals surface area (Å²) in [6.45, 7) is 2.09. The normalized spacial score (nSPS) is 17.8. The van der Waals surface area contributed by atoms with Gasteiger partial charge in [-0.15, -0.1) is 0 Å². The molecule has 0 spiro atoms. The molecule has 1 aliphatic rings. The van der Waals surface area contributed by atoms with E-state index in [9.17, 15) is 0 Å². The summed E-state index contributed by atoms with van der Waals surface area (Å²) in [5.74, 6) is 0.892. The Morgan fingerprint density at radius 1 is 1.22 bits per heavy atom. The van der Waals surface area contributed by atoms with Crippen LogP contribution >= 0.6 is 0 Å². The summed E-state index contributed by atoms with van der Waals surface area (Å²) in [6.07, 6.45) is 7.08. The number of rotatable bonds is 2. The second-order valence-corrected chi connectivity index (χ2v) is 5.19. The first-order valence-corrected chi connectivity index (χ1v) is 6.68. The third kappa shape index (κ3) is 2.08. The van der Waals surface area contributed by atoms with Crippen molar-refractivity contribution >= 4 is 11.0 Å². The summed E-state index contributed by atoms with van der Waals surface area (Å²) in [6, 6.07) is 8.25. The van der Waals surface area contributed by atoms with Crippen LogP contribution < -0.4 is 5.73 Å². The Labute approximate surface area is 107 Å². The molecule has 2 aromatic rings. The largest absolute Gasteiger partial charge is 0.459 e. The van der Waals surface area contributed by atoms with Gasteiger partial charge in [0.2, 0.25) is 0 Å². The van der Waals surface area contributed by atoms with Gasteiger partial charge in [0.25, 0.3) is 0 Å². The lowest BCUT2D eigenvalue weighted by Crippen LogP contribution is -2.14. The molecular weight excluding hydrogens is 222 g/mol. The Balaban J connectivity index is 1.96. The fourth-order valence-corrected chi connectivity index (χ4v) is 2.66. The lowest BCUT2D eigenvalue weighted by molar-refractivity contribution is 0.507. The number of fused-ring (bicyclic) bond motifs is 1. The number of aryl methyl sites for hydroxylation is 1. The van der Waals surface area contributed by atoms with Gasteiger partial charge in [0, 0.05) is 5.39 Å². The molecule has 0 bridgehead atoms. The van der Waals surface area contributed by atoms with Gasteiger partial charge >= 0.3 is 0 Å². The summed E-state index contributed by atoms with van der Waals surface area (Å²) < 4.78 is 5.87. The van der Waals surface area contributed by atoms with Gasteiger partial charge in [0.05, 0.1) is 6.04 Å². The predicted molar refractivity (Wildman–Crippen MR) is 74.4 cm³/mol. The maximum absolute atomic E-state index is 6.31. The first kappa shape index (κ1) is 11.5. The van der Waals surface area contributed by atoms with Crippen molar-refractivity contribution in [3.63, 3.8) is 0 Å². The highest BCUT2D eigenvalue weighted by atomic mass is 16.3. The van der Waals surface area contributed by atoms with Gasteiger partial charge in [0.15, 0.2) is 0 Å². The molecule has 94 valence electrons. The van der Waals surface area contributed by atoms with Gasteiger partial charge in [-0.2, -0.15) is 0 Å². The standard InChI is InChI=1S/C16H19NO/c1-11-7-8-14-13(9-11)10-15(18-14)16(17)12-5-3-2-4-6-12/h5,7-10,16H,2-4,6,17H2,1H3. The van der Waals surface area contributed by atoms with Crippen LogP contribution in [0.2, 0.25) is 0 Å². The molecule has 0 aliphatic heterocycles. The molecule has 0 radical (unpaired) electrons. The molecule has 0 fully saturated rings. The van der Waals surface area contributed by atoms with Crippen LogP contribution in [0.25, 0.3) is 11.0 Å². The zero-order chi connectivity index (χ0) is 12.5. The van der Waals surface area contributed by atoms with E-state index in [4.69, 9.17) is 10.2 Å². The molecule has 2 N–H and O–H groups in total. The molecule has 1 unspecified atom stereocenters. The Morgan fingerprint density at radius 2 is 2.11 bits per heavy atom. The lowest BCUT2D eigenvalue weighted by Gasteiger charge is -2.17. The number of hydrogen-bond acceptors (Lipinski definition) is 2. The average Bonchev–Trinajstić information content (AvgIpc) is 2.81. The van der Waals surface area contributed by atoms with Crippen LogP contribution in [0.5, 0.6) is 0 Å². The summed E-state index contributed by atoms with van der Waals surface area (Å²) in [5, 5.41) is 1.15. The zero-order valence-corrected chi connectivity index (χ0v) is 10.8. The van der Waals surface area contributed by atoms with E-state index in [2.05, 4.69) is 31.2 Å². The fraction of sp³-hybridized carbons (Fsp3) is 0.375.